The molecule has 8 nitrogen and oxygen atoms in total. The molecule has 0 aliphatic heterocycles. The van der Waals surface area contributed by atoms with Crippen molar-refractivity contribution in [1.29, 1.82) is 0 Å². The highest BCUT2D eigenvalue weighted by atomic mass is 32.2. The third-order valence-corrected chi connectivity index (χ3v) is 4.75. The Morgan fingerprint density at radius 3 is 2.37 bits per heavy atom. The third-order valence-electron chi connectivity index (χ3n) is 3.82. The number of nitrogens with two attached hydrogens (primary N) is 1. The summed E-state index contributed by atoms with van der Waals surface area (Å²) in [5.74, 6) is -2.03. The number of alkyl halides is 3. The van der Waals surface area contributed by atoms with Crippen molar-refractivity contribution in [3.05, 3.63) is 53.6 Å². The van der Waals surface area contributed by atoms with E-state index < -0.39 is 44.6 Å². The number of nitrogens with one attached hydrogen (secondary N) is 1. The maximum atomic E-state index is 12.8. The Balaban J connectivity index is 2.13. The summed E-state index contributed by atoms with van der Waals surface area (Å²) in [6.45, 7) is 1.20. The summed E-state index contributed by atoms with van der Waals surface area (Å²) >= 11 is 0. The fourth-order valence-corrected chi connectivity index (χ4v) is 3.05. The predicted molar refractivity (Wildman–Crippen MR) is 99.3 cm³/mol. The summed E-state index contributed by atoms with van der Waals surface area (Å²) in [4.78, 5) is 24.0. The van der Waals surface area contributed by atoms with Crippen LogP contribution in [0, 0.1) is 0 Å². The maximum Gasteiger partial charge on any atom is 0.416 e. The lowest BCUT2D eigenvalue weighted by atomic mass is 10.2. The quantitative estimate of drug-likeness (QED) is 0.657. The molecule has 1 unspecified atom stereocenters. The molecule has 3 N–H and O–H groups in total. The highest BCUT2D eigenvalue weighted by molar-refractivity contribution is 7.89. The molecule has 1 amide bonds. The van der Waals surface area contributed by atoms with E-state index >= 15 is 0 Å². The third kappa shape index (κ3) is 5.70. The second-order valence-corrected chi connectivity index (χ2v) is 7.56. The smallest absolute Gasteiger partial charge is 0.416 e. The number of hydrogen-bond acceptors (Lipinski definition) is 6. The largest absolute Gasteiger partial charge is 0.495 e. The summed E-state index contributed by atoms with van der Waals surface area (Å²) in [5, 5.41) is 7.29. The number of primary sulfonamides is 1. The molecule has 1 atom stereocenters. The van der Waals surface area contributed by atoms with Gasteiger partial charge in [0.15, 0.2) is 6.10 Å². The molecule has 2 rings (SSSR count). The molecule has 0 radical (unpaired) electrons. The van der Waals surface area contributed by atoms with Gasteiger partial charge in [0, 0.05) is 5.69 Å². The molecule has 0 saturated carbocycles. The molecule has 0 aliphatic carbocycles. The molecule has 0 bridgehead atoms. The van der Waals surface area contributed by atoms with Crippen LogP contribution in [0.3, 0.4) is 0 Å². The molecule has 0 spiro atoms. The SMILES string of the molecule is COc1ccc(C(=O)OC(C)C(=O)Nc2cccc(C(F)(F)F)c2)cc1S(N)(=O)=O. The summed E-state index contributed by atoms with van der Waals surface area (Å²) in [5.41, 5.74) is -1.32. The number of sulfonamides is 1. The first kappa shape index (κ1) is 23.2. The second-order valence-electron chi connectivity index (χ2n) is 6.03. The van der Waals surface area contributed by atoms with Crippen LogP contribution in [0.5, 0.6) is 5.75 Å². The van der Waals surface area contributed by atoms with Gasteiger partial charge in [-0.1, -0.05) is 6.07 Å². The van der Waals surface area contributed by atoms with Crippen LogP contribution in [0.15, 0.2) is 47.4 Å². The van der Waals surface area contributed by atoms with E-state index in [-0.39, 0.29) is 17.0 Å². The van der Waals surface area contributed by atoms with Gasteiger partial charge in [-0.25, -0.2) is 18.4 Å². The number of carbonyl (C=O) groups is 2. The van der Waals surface area contributed by atoms with Gasteiger partial charge in [-0.15, -0.1) is 0 Å². The van der Waals surface area contributed by atoms with E-state index in [0.29, 0.717) is 0 Å². The van der Waals surface area contributed by atoms with E-state index in [1.807, 2.05) is 0 Å². The van der Waals surface area contributed by atoms with Crippen LogP contribution in [-0.2, 0) is 25.7 Å². The minimum absolute atomic E-state index is 0.0932. The molecule has 0 aliphatic rings. The summed E-state index contributed by atoms with van der Waals surface area (Å²) in [7, 11) is -3.00. The number of esters is 1. The maximum absolute atomic E-state index is 12.8. The van der Waals surface area contributed by atoms with Crippen molar-refractivity contribution in [2.45, 2.75) is 24.1 Å². The van der Waals surface area contributed by atoms with Gasteiger partial charge in [0.05, 0.1) is 18.2 Å². The first-order valence-electron chi connectivity index (χ1n) is 8.23. The molecular formula is C18H17F3N2O6S. The van der Waals surface area contributed by atoms with Gasteiger partial charge in [-0.3, -0.25) is 4.79 Å². The summed E-state index contributed by atoms with van der Waals surface area (Å²) in [6.07, 6.45) is -5.99. The predicted octanol–water partition coefficient (Wildman–Crippen LogP) is 2.55. The normalized spacial score (nSPS) is 12.7. The average Bonchev–Trinajstić information content (AvgIpc) is 2.66. The minimum atomic E-state index is -4.59. The lowest BCUT2D eigenvalue weighted by Gasteiger charge is -2.15. The number of benzene rings is 2. The van der Waals surface area contributed by atoms with Crippen LogP contribution >= 0.6 is 0 Å². The van der Waals surface area contributed by atoms with Crippen molar-refractivity contribution in [3.8, 4) is 5.75 Å². The number of carbonyl (C=O) groups excluding carboxylic acids is 2. The van der Waals surface area contributed by atoms with Crippen LogP contribution in [0.2, 0.25) is 0 Å². The molecule has 0 aromatic heterocycles. The lowest BCUT2D eigenvalue weighted by Crippen LogP contribution is -2.30. The Bertz CT molecular complexity index is 1070. The first-order valence-corrected chi connectivity index (χ1v) is 9.77. The number of methoxy groups -OCH3 is 1. The van der Waals surface area contributed by atoms with E-state index in [4.69, 9.17) is 14.6 Å². The topological polar surface area (TPSA) is 125 Å². The van der Waals surface area contributed by atoms with Gasteiger partial charge in [0.2, 0.25) is 10.0 Å². The van der Waals surface area contributed by atoms with E-state index in [2.05, 4.69) is 5.32 Å². The summed E-state index contributed by atoms with van der Waals surface area (Å²) < 4.78 is 71.3. The molecule has 162 valence electrons. The zero-order chi connectivity index (χ0) is 22.7. The Morgan fingerprint density at radius 2 is 1.80 bits per heavy atom. The summed E-state index contributed by atoms with van der Waals surface area (Å²) in [6, 6.07) is 7.23. The van der Waals surface area contributed by atoms with Gasteiger partial charge in [-0.2, -0.15) is 13.2 Å². The van der Waals surface area contributed by atoms with E-state index in [9.17, 15) is 31.2 Å². The number of amides is 1. The fourth-order valence-electron chi connectivity index (χ4n) is 2.33. The van der Waals surface area contributed by atoms with Crippen molar-refractivity contribution in [2.24, 2.45) is 5.14 Å². The van der Waals surface area contributed by atoms with Gasteiger partial charge in [-0.05, 0) is 43.3 Å². The van der Waals surface area contributed by atoms with Gasteiger partial charge in [0.25, 0.3) is 5.91 Å². The van der Waals surface area contributed by atoms with E-state index in [0.717, 1.165) is 24.3 Å². The number of hydrogen-bond donors (Lipinski definition) is 2. The minimum Gasteiger partial charge on any atom is -0.495 e. The Labute approximate surface area is 169 Å². The molecule has 12 heteroatoms. The van der Waals surface area contributed by atoms with Crippen LogP contribution in [0.4, 0.5) is 18.9 Å². The number of anilines is 1. The van der Waals surface area contributed by atoms with Gasteiger partial charge >= 0.3 is 12.1 Å². The standard InChI is InChI=1S/C18H17F3N2O6S/c1-10(16(24)23-13-5-3-4-12(9-13)18(19,20)21)29-17(25)11-6-7-14(28-2)15(8-11)30(22,26)27/h3-10H,1-2H3,(H,23,24)(H2,22,26,27). The average molecular weight is 446 g/mol. The van der Waals surface area contributed by atoms with Crippen LogP contribution < -0.4 is 15.2 Å². The van der Waals surface area contributed by atoms with Crippen molar-refractivity contribution in [2.75, 3.05) is 12.4 Å². The van der Waals surface area contributed by atoms with Gasteiger partial charge < -0.3 is 14.8 Å². The first-order chi connectivity index (χ1) is 13.8. The monoisotopic (exact) mass is 446 g/mol. The van der Waals surface area contributed by atoms with E-state index in [1.165, 1.54) is 32.2 Å². The Kier molecular flexibility index (Phi) is 6.73. The molecule has 2 aromatic rings. The molecular weight excluding hydrogens is 429 g/mol. The zero-order valence-electron chi connectivity index (χ0n) is 15.7. The number of ether oxygens (including phenoxy) is 2. The highest BCUT2D eigenvalue weighted by Gasteiger charge is 2.30. The van der Waals surface area contributed by atoms with Crippen LogP contribution in [0.1, 0.15) is 22.8 Å². The Morgan fingerprint density at radius 1 is 1.13 bits per heavy atom. The van der Waals surface area contributed by atoms with Crippen molar-refractivity contribution >= 4 is 27.6 Å². The zero-order valence-corrected chi connectivity index (χ0v) is 16.5. The highest BCUT2D eigenvalue weighted by Crippen LogP contribution is 2.30. The van der Waals surface area contributed by atoms with Crippen molar-refractivity contribution in [1.82, 2.24) is 0 Å². The number of halogens is 3. The molecule has 0 heterocycles. The Hall–Kier alpha value is -3.12. The van der Waals surface area contributed by atoms with Crippen molar-refractivity contribution in [3.63, 3.8) is 0 Å². The van der Waals surface area contributed by atoms with Crippen LogP contribution in [-0.4, -0.2) is 33.5 Å². The number of rotatable bonds is 6. The molecule has 2 aromatic carbocycles. The van der Waals surface area contributed by atoms with Gasteiger partial charge in [0.1, 0.15) is 10.6 Å². The second kappa shape index (κ2) is 8.71. The van der Waals surface area contributed by atoms with Crippen molar-refractivity contribution < 1.29 is 40.7 Å². The fraction of sp³-hybridized carbons (Fsp3) is 0.222. The molecule has 0 fully saturated rings. The van der Waals surface area contributed by atoms with Crippen LogP contribution in [0.25, 0.3) is 0 Å². The molecule has 30 heavy (non-hydrogen) atoms. The van der Waals surface area contributed by atoms with E-state index in [1.54, 1.807) is 0 Å². The lowest BCUT2D eigenvalue weighted by molar-refractivity contribution is -0.137. The molecule has 0 saturated heterocycles.